The van der Waals surface area contributed by atoms with Gasteiger partial charge in [0.15, 0.2) is 17.5 Å². The quantitative estimate of drug-likeness (QED) is 0.565. The van der Waals surface area contributed by atoms with E-state index in [2.05, 4.69) is 30.7 Å². The molecule has 3 aromatic rings. The number of ether oxygens (including phenoxy) is 1. The second-order valence-electron chi connectivity index (χ2n) is 7.62. The number of aromatic nitrogens is 4. The van der Waals surface area contributed by atoms with Crippen LogP contribution < -0.4 is 10.6 Å². The predicted molar refractivity (Wildman–Crippen MR) is 125 cm³/mol. The van der Waals surface area contributed by atoms with Gasteiger partial charge in [0.05, 0.1) is 17.2 Å². The molecule has 2 aromatic heterocycles. The highest BCUT2D eigenvalue weighted by Crippen LogP contribution is 2.24. The number of aliphatic imine (C=N–C) groups is 1. The maximum absolute atomic E-state index is 14.0. The number of benzene rings is 1. The van der Waals surface area contributed by atoms with E-state index in [-0.39, 0.29) is 17.5 Å². The van der Waals surface area contributed by atoms with Gasteiger partial charge in [-0.3, -0.25) is 14.5 Å². The van der Waals surface area contributed by atoms with E-state index in [0.717, 1.165) is 19.4 Å². The third kappa shape index (κ3) is 5.35. The largest absolute Gasteiger partial charge is 0.391 e. The lowest BCUT2D eigenvalue weighted by Gasteiger charge is -2.14. The number of H-pyrrole nitrogens is 1. The number of nitrogens with one attached hydrogen (secondary N) is 3. The van der Waals surface area contributed by atoms with Crippen LogP contribution in [-0.2, 0) is 16.6 Å². The molecule has 0 saturated heterocycles. The Balaban J connectivity index is 1.52. The van der Waals surface area contributed by atoms with Gasteiger partial charge in [0.1, 0.15) is 11.2 Å². The maximum Gasteiger partial charge on any atom is 0.258 e. The summed E-state index contributed by atoms with van der Waals surface area (Å²) < 4.78 is 21.0. The summed E-state index contributed by atoms with van der Waals surface area (Å²) in [6.07, 6.45) is 8.56. The average Bonchev–Trinajstić information content (AvgIpc) is 3.38. The average molecular weight is 452 g/mol. The summed E-state index contributed by atoms with van der Waals surface area (Å²) in [6.45, 7) is 1.33. The molecule has 0 bridgehead atoms. The van der Waals surface area contributed by atoms with Crippen molar-refractivity contribution >= 4 is 29.0 Å². The Labute approximate surface area is 190 Å². The molecule has 0 fully saturated rings. The molecule has 1 unspecified atom stereocenters. The number of anilines is 1. The third-order valence-corrected chi connectivity index (χ3v) is 5.33. The van der Waals surface area contributed by atoms with Crippen LogP contribution in [0.3, 0.4) is 0 Å². The molecule has 1 aliphatic heterocycles. The van der Waals surface area contributed by atoms with Crippen molar-refractivity contribution in [3.63, 3.8) is 0 Å². The number of carbonyl (C=O) groups is 1. The van der Waals surface area contributed by atoms with Gasteiger partial charge in [-0.05, 0) is 43.3 Å². The van der Waals surface area contributed by atoms with Crippen LogP contribution in [-0.4, -0.2) is 58.2 Å². The number of imidazole rings is 1. The van der Waals surface area contributed by atoms with Crippen LogP contribution in [0, 0.1) is 5.82 Å². The Morgan fingerprint density at radius 3 is 3.03 bits per heavy atom. The molecule has 0 radical (unpaired) electrons. The second kappa shape index (κ2) is 10.2. The summed E-state index contributed by atoms with van der Waals surface area (Å²) in [5.74, 6) is 0.0577. The number of halogens is 1. The molecule has 0 aliphatic carbocycles. The Bertz CT molecular complexity index is 1220. The van der Waals surface area contributed by atoms with Crippen molar-refractivity contribution in [3.8, 4) is 11.5 Å². The van der Waals surface area contributed by atoms with E-state index in [0.29, 0.717) is 35.0 Å². The van der Waals surface area contributed by atoms with E-state index >= 15 is 0 Å². The van der Waals surface area contributed by atoms with Gasteiger partial charge in [0, 0.05) is 39.5 Å². The molecule has 3 heterocycles. The summed E-state index contributed by atoms with van der Waals surface area (Å²) in [5.41, 5.74) is 1.84. The van der Waals surface area contributed by atoms with E-state index < -0.39 is 5.82 Å². The molecule has 9 nitrogen and oxygen atoms in total. The van der Waals surface area contributed by atoms with Crippen molar-refractivity contribution < 1.29 is 13.9 Å². The van der Waals surface area contributed by atoms with Crippen LogP contribution >= 0.6 is 0 Å². The molecule has 1 amide bonds. The number of fused-ring (bicyclic) bond motifs is 1. The molecular weight excluding hydrogens is 425 g/mol. The molecule has 0 saturated carbocycles. The Morgan fingerprint density at radius 1 is 1.33 bits per heavy atom. The van der Waals surface area contributed by atoms with Crippen LogP contribution in [0.1, 0.15) is 12.8 Å². The highest BCUT2D eigenvalue weighted by atomic mass is 19.1. The summed E-state index contributed by atoms with van der Waals surface area (Å²) in [7, 11) is 3.42. The predicted octanol–water partition coefficient (Wildman–Crippen LogP) is 2.95. The first-order valence-electron chi connectivity index (χ1n) is 10.7. The van der Waals surface area contributed by atoms with E-state index in [1.54, 1.807) is 61.6 Å². The molecule has 0 spiro atoms. The highest BCUT2D eigenvalue weighted by molar-refractivity contribution is 6.17. The zero-order valence-electron chi connectivity index (χ0n) is 18.5. The van der Waals surface area contributed by atoms with Crippen LogP contribution in [0.15, 0.2) is 53.2 Å². The van der Waals surface area contributed by atoms with Gasteiger partial charge in [-0.15, -0.1) is 0 Å². The Morgan fingerprint density at radius 2 is 2.21 bits per heavy atom. The van der Waals surface area contributed by atoms with Gasteiger partial charge in [0.2, 0.25) is 0 Å². The Hall–Kier alpha value is -3.79. The summed E-state index contributed by atoms with van der Waals surface area (Å²) in [5, 5.41) is 10.3. The maximum atomic E-state index is 14.0. The topological polar surface area (TPSA) is 109 Å². The first-order chi connectivity index (χ1) is 16.0. The number of aromatic amines is 1. The molecular formula is C23H26FN7O2. The van der Waals surface area contributed by atoms with Crippen LogP contribution in [0.25, 0.3) is 22.6 Å². The minimum absolute atomic E-state index is 0.113. The summed E-state index contributed by atoms with van der Waals surface area (Å²) in [4.78, 5) is 24.7. The number of para-hydroxylation sites is 1. The molecule has 1 atom stereocenters. The minimum Gasteiger partial charge on any atom is -0.391 e. The van der Waals surface area contributed by atoms with Crippen LogP contribution in [0.5, 0.6) is 0 Å². The first kappa shape index (κ1) is 22.4. The van der Waals surface area contributed by atoms with Gasteiger partial charge in [0.25, 0.3) is 5.91 Å². The molecule has 1 aromatic carbocycles. The number of rotatable bonds is 4. The number of allylic oxidation sites excluding steroid dienone is 2. The monoisotopic (exact) mass is 451 g/mol. The van der Waals surface area contributed by atoms with Gasteiger partial charge >= 0.3 is 0 Å². The smallest absolute Gasteiger partial charge is 0.258 e. The van der Waals surface area contributed by atoms with Crippen LogP contribution in [0.2, 0.25) is 0 Å². The number of nitrogens with zero attached hydrogens (tertiary/aromatic N) is 4. The van der Waals surface area contributed by atoms with E-state index in [4.69, 9.17) is 4.74 Å². The number of amides is 1. The van der Waals surface area contributed by atoms with E-state index in [9.17, 15) is 9.18 Å². The number of carbonyl (C=O) groups excluding carboxylic acids is 1. The summed E-state index contributed by atoms with van der Waals surface area (Å²) >= 11 is 0. The van der Waals surface area contributed by atoms with Gasteiger partial charge in [-0.25, -0.2) is 9.37 Å². The zero-order valence-corrected chi connectivity index (χ0v) is 18.5. The van der Waals surface area contributed by atoms with E-state index in [1.807, 2.05) is 0 Å². The van der Waals surface area contributed by atoms with Gasteiger partial charge in [-0.2, -0.15) is 5.10 Å². The molecule has 172 valence electrons. The fourth-order valence-electron chi connectivity index (χ4n) is 3.54. The fraction of sp³-hybridized carbons (Fsp3) is 0.304. The number of hydrogen-bond donors (Lipinski definition) is 3. The fourth-order valence-corrected chi connectivity index (χ4v) is 3.54. The Kier molecular flexibility index (Phi) is 6.94. The number of hydrogen-bond acceptors (Lipinski definition) is 6. The van der Waals surface area contributed by atoms with Crippen molar-refractivity contribution in [2.75, 3.05) is 25.5 Å². The minimum atomic E-state index is -0.404. The number of aryl methyl sites for hydroxylation is 1. The third-order valence-electron chi connectivity index (χ3n) is 5.33. The van der Waals surface area contributed by atoms with Crippen molar-refractivity contribution in [2.45, 2.75) is 18.9 Å². The summed E-state index contributed by atoms with van der Waals surface area (Å²) in [6, 6.07) is 6.41. The lowest BCUT2D eigenvalue weighted by molar-refractivity contribution is -0.112. The first-order valence-corrected chi connectivity index (χ1v) is 10.7. The van der Waals surface area contributed by atoms with Crippen molar-refractivity contribution in [1.82, 2.24) is 25.1 Å². The van der Waals surface area contributed by atoms with Crippen LogP contribution in [0.4, 0.5) is 10.2 Å². The molecule has 3 N–H and O–H groups in total. The highest BCUT2D eigenvalue weighted by Gasteiger charge is 2.16. The van der Waals surface area contributed by atoms with Gasteiger partial charge < -0.3 is 20.4 Å². The standard InChI is InChI=1S/C23H26FN7O2/c1-31-19(22-27-18-7-3-6-17(24)21(18)29-22)13-20(30-31)28-23(32)15-5-4-10-25-11-8-16(33-2)9-12-26-14-15/h3-7,10,13-14,16,25H,8-9,11-12H2,1-2H3,(H,27,29)(H,28,30,32)/b10-4+,15-5+,26-14?. The van der Waals surface area contributed by atoms with Crippen molar-refractivity contribution in [2.24, 2.45) is 12.0 Å². The van der Waals surface area contributed by atoms with Crippen molar-refractivity contribution in [3.05, 3.63) is 54.0 Å². The lowest BCUT2D eigenvalue weighted by atomic mass is 10.2. The van der Waals surface area contributed by atoms with E-state index in [1.165, 1.54) is 6.07 Å². The second-order valence-corrected chi connectivity index (χ2v) is 7.62. The molecule has 1 aliphatic rings. The zero-order chi connectivity index (χ0) is 23.2. The molecule has 33 heavy (non-hydrogen) atoms. The van der Waals surface area contributed by atoms with Gasteiger partial charge in [-0.1, -0.05) is 6.07 Å². The number of methoxy groups -OCH3 is 1. The molecule has 4 rings (SSSR count). The molecule has 10 heteroatoms. The SMILES string of the molecule is COC1CCN=C/C(C(=O)Nc2cc(-c3nc4c(F)cccc4[nH]3)n(C)n2)=C\C=C\NCC1. The lowest BCUT2D eigenvalue weighted by Crippen LogP contribution is -2.20. The van der Waals surface area contributed by atoms with Crippen molar-refractivity contribution in [1.29, 1.82) is 0 Å². The normalized spacial score (nSPS) is 19.7.